The van der Waals surface area contributed by atoms with Crippen LogP contribution in [-0.4, -0.2) is 25.3 Å². The Morgan fingerprint density at radius 1 is 1.50 bits per heavy atom. The van der Waals surface area contributed by atoms with Crippen LogP contribution >= 0.6 is 0 Å². The molecule has 0 aromatic carbocycles. The van der Waals surface area contributed by atoms with Gasteiger partial charge in [-0.1, -0.05) is 12.2 Å². The zero-order valence-corrected chi connectivity index (χ0v) is 7.75. The molecule has 0 amide bonds. The third-order valence-corrected chi connectivity index (χ3v) is 3.26. The Kier molecular flexibility index (Phi) is 2.20. The summed E-state index contributed by atoms with van der Waals surface area (Å²) in [6, 6.07) is 0. The second-order valence-corrected chi connectivity index (χ2v) is 3.95. The summed E-state index contributed by atoms with van der Waals surface area (Å²) in [4.78, 5) is 5.24. The van der Waals surface area contributed by atoms with Crippen LogP contribution in [0.4, 0.5) is 0 Å². The molecule has 2 aliphatic rings. The molecule has 0 aromatic rings. The monoisotopic (exact) mass is 167 g/mol. The fourth-order valence-electron chi connectivity index (χ4n) is 2.51. The first kappa shape index (κ1) is 8.27. The lowest BCUT2D eigenvalue weighted by Gasteiger charge is -2.25. The minimum absolute atomic E-state index is 0.721. The fourth-order valence-corrected chi connectivity index (χ4v) is 2.51. The van der Waals surface area contributed by atoms with Crippen LogP contribution in [0.5, 0.6) is 0 Å². The molecule has 1 aliphatic carbocycles. The molecule has 1 heterocycles. The van der Waals surface area contributed by atoms with Crippen molar-refractivity contribution >= 4 is 0 Å². The third kappa shape index (κ3) is 1.29. The molecule has 2 nitrogen and oxygen atoms in total. The normalized spacial score (nSPS) is 36.9. The minimum Gasteiger partial charge on any atom is -0.302 e. The van der Waals surface area contributed by atoms with Gasteiger partial charge in [0.2, 0.25) is 0 Å². The van der Waals surface area contributed by atoms with E-state index in [-0.39, 0.29) is 0 Å². The Morgan fingerprint density at radius 2 is 2.33 bits per heavy atom. The van der Waals surface area contributed by atoms with Crippen LogP contribution in [0.2, 0.25) is 0 Å². The summed E-state index contributed by atoms with van der Waals surface area (Å²) in [6.45, 7) is 6.32. The molecule has 0 N–H and O–H groups in total. The van der Waals surface area contributed by atoms with Crippen molar-refractivity contribution in [2.24, 2.45) is 11.8 Å². The highest BCUT2D eigenvalue weighted by molar-refractivity contribution is 5.09. The quantitative estimate of drug-likeness (QED) is 0.552. The molecule has 1 aliphatic heterocycles. The summed E-state index contributed by atoms with van der Waals surface area (Å²) in [5.41, 5.74) is 1.45. The van der Waals surface area contributed by atoms with Crippen molar-refractivity contribution in [3.8, 4) is 0 Å². The van der Waals surface area contributed by atoms with E-state index in [1.807, 2.05) is 0 Å². The third-order valence-electron chi connectivity index (χ3n) is 3.26. The van der Waals surface area contributed by atoms with E-state index in [0.717, 1.165) is 24.9 Å². The molecule has 2 unspecified atom stereocenters. The Hall–Kier alpha value is -0.340. The van der Waals surface area contributed by atoms with Crippen LogP contribution in [-0.2, 0) is 4.84 Å². The molecule has 2 heteroatoms. The fraction of sp³-hybridized carbons (Fsp3) is 0.800. The number of rotatable bonds is 1. The molecular formula is C10H17NO. The standard InChI is InChI=1S/C10H17NO/c1-8-4-3-5-9-6-11(12-2)7-10(8)9/h9-10H,1,3-7H2,2H3. The largest absolute Gasteiger partial charge is 0.302 e. The van der Waals surface area contributed by atoms with Crippen molar-refractivity contribution in [1.29, 1.82) is 0 Å². The van der Waals surface area contributed by atoms with Gasteiger partial charge in [0.1, 0.15) is 0 Å². The molecule has 0 spiro atoms. The van der Waals surface area contributed by atoms with Crippen molar-refractivity contribution in [3.63, 3.8) is 0 Å². The first-order valence-corrected chi connectivity index (χ1v) is 4.78. The highest BCUT2D eigenvalue weighted by Gasteiger charge is 2.36. The Morgan fingerprint density at radius 3 is 3.00 bits per heavy atom. The van der Waals surface area contributed by atoms with Gasteiger partial charge in [-0.2, -0.15) is 5.06 Å². The maximum atomic E-state index is 5.24. The van der Waals surface area contributed by atoms with Gasteiger partial charge in [0, 0.05) is 13.1 Å². The lowest BCUT2D eigenvalue weighted by Crippen LogP contribution is -2.19. The lowest BCUT2D eigenvalue weighted by molar-refractivity contribution is -0.116. The van der Waals surface area contributed by atoms with Gasteiger partial charge in [-0.3, -0.25) is 0 Å². The molecule has 68 valence electrons. The molecule has 12 heavy (non-hydrogen) atoms. The van der Waals surface area contributed by atoms with E-state index in [9.17, 15) is 0 Å². The van der Waals surface area contributed by atoms with Crippen molar-refractivity contribution < 1.29 is 4.84 Å². The molecule has 1 saturated carbocycles. The Balaban J connectivity index is 2.04. The summed E-state index contributed by atoms with van der Waals surface area (Å²) in [5, 5.41) is 2.08. The molecule has 0 aromatic heterocycles. The average molecular weight is 167 g/mol. The lowest BCUT2D eigenvalue weighted by atomic mass is 9.79. The van der Waals surface area contributed by atoms with Gasteiger partial charge in [0.05, 0.1) is 7.11 Å². The molecule has 2 rings (SSSR count). The predicted octanol–water partition coefficient (Wildman–Crippen LogP) is 1.84. The highest BCUT2D eigenvalue weighted by atomic mass is 16.7. The summed E-state index contributed by atoms with van der Waals surface area (Å²) in [6.07, 6.45) is 3.93. The van der Waals surface area contributed by atoms with Crippen LogP contribution in [0.25, 0.3) is 0 Å². The zero-order chi connectivity index (χ0) is 8.55. The van der Waals surface area contributed by atoms with Crippen molar-refractivity contribution in [3.05, 3.63) is 12.2 Å². The van der Waals surface area contributed by atoms with Gasteiger partial charge in [0.25, 0.3) is 0 Å². The number of nitrogens with zero attached hydrogens (tertiary/aromatic N) is 1. The van der Waals surface area contributed by atoms with Crippen molar-refractivity contribution in [1.82, 2.24) is 5.06 Å². The van der Waals surface area contributed by atoms with E-state index in [1.165, 1.54) is 24.8 Å². The van der Waals surface area contributed by atoms with Crippen LogP contribution in [0, 0.1) is 11.8 Å². The molecule has 0 radical (unpaired) electrons. The molecular weight excluding hydrogens is 150 g/mol. The molecule has 2 atom stereocenters. The number of hydroxylamine groups is 2. The average Bonchev–Trinajstić information content (AvgIpc) is 2.49. The van der Waals surface area contributed by atoms with Crippen LogP contribution in [0.1, 0.15) is 19.3 Å². The van der Waals surface area contributed by atoms with Crippen LogP contribution in [0.15, 0.2) is 12.2 Å². The van der Waals surface area contributed by atoms with Crippen molar-refractivity contribution in [2.45, 2.75) is 19.3 Å². The van der Waals surface area contributed by atoms with E-state index in [1.54, 1.807) is 7.11 Å². The molecule has 1 saturated heterocycles. The summed E-state index contributed by atoms with van der Waals surface area (Å²) >= 11 is 0. The SMILES string of the molecule is C=C1CCCC2CN(OC)CC12. The smallest absolute Gasteiger partial charge is 0.0575 e. The zero-order valence-electron chi connectivity index (χ0n) is 7.75. The van der Waals surface area contributed by atoms with E-state index in [4.69, 9.17) is 4.84 Å². The highest BCUT2D eigenvalue weighted by Crippen LogP contribution is 2.38. The van der Waals surface area contributed by atoms with Crippen molar-refractivity contribution in [2.75, 3.05) is 20.2 Å². The maximum absolute atomic E-state index is 5.24. The number of fused-ring (bicyclic) bond motifs is 1. The van der Waals surface area contributed by atoms with Crippen LogP contribution < -0.4 is 0 Å². The number of hydrogen-bond donors (Lipinski definition) is 0. The predicted molar refractivity (Wildman–Crippen MR) is 48.6 cm³/mol. The van der Waals surface area contributed by atoms with E-state index in [0.29, 0.717) is 0 Å². The van der Waals surface area contributed by atoms with Gasteiger partial charge in [-0.25, -0.2) is 0 Å². The second kappa shape index (κ2) is 3.19. The summed E-state index contributed by atoms with van der Waals surface area (Å²) < 4.78 is 0. The maximum Gasteiger partial charge on any atom is 0.0575 e. The second-order valence-electron chi connectivity index (χ2n) is 3.95. The van der Waals surface area contributed by atoms with Gasteiger partial charge < -0.3 is 4.84 Å². The van der Waals surface area contributed by atoms with Gasteiger partial charge in [-0.05, 0) is 31.1 Å². The summed E-state index contributed by atoms with van der Waals surface area (Å²) in [5.74, 6) is 1.55. The number of hydrogen-bond acceptors (Lipinski definition) is 2. The van der Waals surface area contributed by atoms with Gasteiger partial charge >= 0.3 is 0 Å². The van der Waals surface area contributed by atoms with Gasteiger partial charge in [-0.15, -0.1) is 0 Å². The summed E-state index contributed by atoms with van der Waals surface area (Å²) in [7, 11) is 1.76. The minimum atomic E-state index is 0.721. The Bertz CT molecular complexity index is 190. The topological polar surface area (TPSA) is 12.5 Å². The van der Waals surface area contributed by atoms with E-state index in [2.05, 4.69) is 11.6 Å². The Labute approximate surface area is 74.1 Å². The molecule has 0 bridgehead atoms. The van der Waals surface area contributed by atoms with Gasteiger partial charge in [0.15, 0.2) is 0 Å². The first-order valence-electron chi connectivity index (χ1n) is 4.78. The van der Waals surface area contributed by atoms with E-state index >= 15 is 0 Å². The van der Waals surface area contributed by atoms with E-state index < -0.39 is 0 Å². The molecule has 2 fully saturated rings. The van der Waals surface area contributed by atoms with Crippen LogP contribution in [0.3, 0.4) is 0 Å². The first-order chi connectivity index (χ1) is 5.81.